The Hall–Kier alpha value is -2.97. The zero-order valence-electron chi connectivity index (χ0n) is 18.4. The number of amides is 2. The Bertz CT molecular complexity index is 957. The summed E-state index contributed by atoms with van der Waals surface area (Å²) in [7, 11) is 0. The fourth-order valence-electron chi connectivity index (χ4n) is 4.13. The number of carbonyl (C=O) groups is 2. The molecule has 0 saturated carbocycles. The number of nitrogens with one attached hydrogen (secondary N) is 2. The van der Waals surface area contributed by atoms with Crippen LogP contribution in [0.2, 0.25) is 0 Å². The van der Waals surface area contributed by atoms with Crippen LogP contribution >= 0.6 is 0 Å². The molecular weight excluding hydrogens is 413 g/mol. The molecule has 1 heterocycles. The molecule has 0 radical (unpaired) electrons. The topological polar surface area (TPSA) is 102 Å². The first kappa shape index (κ1) is 23.7. The maximum absolute atomic E-state index is 14.5. The molecular formula is C24H30FN3O4. The molecule has 1 aliphatic heterocycles. The maximum Gasteiger partial charge on any atom is 0.251 e. The molecule has 0 spiro atoms. The lowest BCUT2D eigenvalue weighted by molar-refractivity contribution is -0.129. The van der Waals surface area contributed by atoms with Crippen molar-refractivity contribution in [1.29, 1.82) is 0 Å². The molecule has 172 valence electrons. The second-order valence-corrected chi connectivity index (χ2v) is 8.74. The first-order chi connectivity index (χ1) is 15.2. The molecule has 8 heteroatoms. The lowest BCUT2D eigenvalue weighted by Gasteiger charge is -2.40. The van der Waals surface area contributed by atoms with Crippen molar-refractivity contribution in [2.45, 2.75) is 44.8 Å². The summed E-state index contributed by atoms with van der Waals surface area (Å²) in [4.78, 5) is 25.5. The molecule has 7 nitrogen and oxygen atoms in total. The number of rotatable bonds is 8. The molecule has 2 aromatic rings. The highest BCUT2D eigenvalue weighted by molar-refractivity contribution is 5.94. The van der Waals surface area contributed by atoms with Gasteiger partial charge in [0.05, 0.1) is 6.04 Å². The van der Waals surface area contributed by atoms with E-state index in [4.69, 9.17) is 5.21 Å². The minimum Gasteiger partial charge on any atom is -0.508 e. The number of nitrogens with zero attached hydrogens (tertiary/aromatic N) is 1. The van der Waals surface area contributed by atoms with Gasteiger partial charge in [-0.25, -0.2) is 9.87 Å². The van der Waals surface area contributed by atoms with Crippen LogP contribution < -0.4 is 10.8 Å². The number of halogens is 1. The third-order valence-electron chi connectivity index (χ3n) is 5.51. The average Bonchev–Trinajstić information content (AvgIpc) is 2.75. The van der Waals surface area contributed by atoms with E-state index in [9.17, 15) is 19.1 Å². The maximum atomic E-state index is 14.5. The van der Waals surface area contributed by atoms with Crippen LogP contribution in [-0.2, 0) is 11.2 Å². The highest BCUT2D eigenvalue weighted by Gasteiger charge is 2.32. The first-order valence-corrected chi connectivity index (χ1v) is 10.7. The molecule has 0 bridgehead atoms. The lowest BCUT2D eigenvalue weighted by atomic mass is 9.87. The highest BCUT2D eigenvalue weighted by Crippen LogP contribution is 2.37. The number of phenolic OH excluding ortho intramolecular Hbond substituents is 1. The van der Waals surface area contributed by atoms with Gasteiger partial charge in [0.1, 0.15) is 11.4 Å². The van der Waals surface area contributed by atoms with Crippen LogP contribution in [0.1, 0.15) is 59.8 Å². The Balaban J connectivity index is 1.77. The third kappa shape index (κ3) is 6.05. The minimum atomic E-state index is -1.36. The van der Waals surface area contributed by atoms with Crippen LogP contribution in [0.5, 0.6) is 5.75 Å². The fraction of sp³-hybridized carbons (Fsp3) is 0.417. The Kier molecular flexibility index (Phi) is 7.48. The van der Waals surface area contributed by atoms with Gasteiger partial charge >= 0.3 is 0 Å². The fourth-order valence-corrected chi connectivity index (χ4v) is 4.13. The summed E-state index contributed by atoms with van der Waals surface area (Å²) in [6.45, 7) is 4.37. The standard InChI is InChI=1S/C24H30FN3O4/c1-24(2,25)15-28-13-11-18-14-19(29)9-10-20(18)22(28)16-5-7-17(8-6-16)23(31)26-12-3-4-21(30)27-32/h5-10,14,22,29,32H,3-4,11-13,15H2,1-2H3,(H,26,31)(H,27,30). The van der Waals surface area contributed by atoms with Crippen molar-refractivity contribution in [2.24, 2.45) is 0 Å². The zero-order valence-corrected chi connectivity index (χ0v) is 18.4. The zero-order chi connectivity index (χ0) is 23.3. The van der Waals surface area contributed by atoms with Gasteiger partial charge in [-0.3, -0.25) is 19.7 Å². The van der Waals surface area contributed by atoms with Crippen molar-refractivity contribution in [3.63, 3.8) is 0 Å². The summed E-state index contributed by atoms with van der Waals surface area (Å²) in [5, 5.41) is 21.1. The van der Waals surface area contributed by atoms with E-state index in [-0.39, 0.29) is 30.7 Å². The van der Waals surface area contributed by atoms with Gasteiger partial charge in [-0.1, -0.05) is 18.2 Å². The van der Waals surface area contributed by atoms with Gasteiger partial charge in [0.15, 0.2) is 0 Å². The summed E-state index contributed by atoms with van der Waals surface area (Å²) in [6.07, 6.45) is 1.26. The third-order valence-corrected chi connectivity index (χ3v) is 5.51. The van der Waals surface area contributed by atoms with E-state index in [0.29, 0.717) is 25.1 Å². The molecule has 1 unspecified atom stereocenters. The Morgan fingerprint density at radius 1 is 1.19 bits per heavy atom. The first-order valence-electron chi connectivity index (χ1n) is 10.7. The summed E-state index contributed by atoms with van der Waals surface area (Å²) >= 11 is 0. The molecule has 32 heavy (non-hydrogen) atoms. The van der Waals surface area contributed by atoms with E-state index in [0.717, 1.165) is 23.1 Å². The number of benzene rings is 2. The number of carbonyl (C=O) groups excluding carboxylic acids is 2. The van der Waals surface area contributed by atoms with Crippen molar-refractivity contribution in [1.82, 2.24) is 15.7 Å². The molecule has 1 atom stereocenters. The highest BCUT2D eigenvalue weighted by atomic mass is 19.1. The van der Waals surface area contributed by atoms with Crippen LogP contribution in [0.3, 0.4) is 0 Å². The monoisotopic (exact) mass is 443 g/mol. The van der Waals surface area contributed by atoms with E-state index in [2.05, 4.69) is 10.2 Å². The normalized spacial score (nSPS) is 16.3. The Morgan fingerprint density at radius 2 is 1.91 bits per heavy atom. The SMILES string of the molecule is CC(C)(F)CN1CCc2cc(O)ccc2C1c1ccc(C(=O)NCCCC(=O)NO)cc1. The molecule has 0 fully saturated rings. The number of phenols is 1. The quantitative estimate of drug-likeness (QED) is 0.285. The molecule has 0 aliphatic carbocycles. The van der Waals surface area contributed by atoms with Crippen LogP contribution in [0.15, 0.2) is 42.5 Å². The van der Waals surface area contributed by atoms with Crippen molar-refractivity contribution in [3.05, 3.63) is 64.7 Å². The second-order valence-electron chi connectivity index (χ2n) is 8.74. The number of fused-ring (bicyclic) bond motifs is 1. The minimum absolute atomic E-state index is 0.118. The van der Waals surface area contributed by atoms with Gasteiger partial charge in [-0.2, -0.15) is 0 Å². The smallest absolute Gasteiger partial charge is 0.251 e. The van der Waals surface area contributed by atoms with Crippen molar-refractivity contribution in [3.8, 4) is 5.75 Å². The van der Waals surface area contributed by atoms with Gasteiger partial charge < -0.3 is 10.4 Å². The average molecular weight is 444 g/mol. The summed E-state index contributed by atoms with van der Waals surface area (Å²) in [6, 6.07) is 12.3. The molecule has 2 amide bonds. The second kappa shape index (κ2) is 10.1. The van der Waals surface area contributed by atoms with Crippen LogP contribution in [0.25, 0.3) is 0 Å². The number of hydroxylamine groups is 1. The van der Waals surface area contributed by atoms with Crippen molar-refractivity contribution >= 4 is 11.8 Å². The van der Waals surface area contributed by atoms with E-state index in [1.165, 1.54) is 0 Å². The Labute approximate surface area is 187 Å². The lowest BCUT2D eigenvalue weighted by Crippen LogP contribution is -2.42. The predicted molar refractivity (Wildman–Crippen MR) is 118 cm³/mol. The van der Waals surface area contributed by atoms with E-state index in [1.54, 1.807) is 43.6 Å². The van der Waals surface area contributed by atoms with Gasteiger partial charge in [0, 0.05) is 31.6 Å². The summed E-state index contributed by atoms with van der Waals surface area (Å²) in [5.41, 5.74) is 3.69. The summed E-state index contributed by atoms with van der Waals surface area (Å²) < 4.78 is 14.5. The molecule has 0 aromatic heterocycles. The van der Waals surface area contributed by atoms with Gasteiger partial charge in [0.25, 0.3) is 5.91 Å². The number of hydrogen-bond acceptors (Lipinski definition) is 5. The van der Waals surface area contributed by atoms with Gasteiger partial charge in [0.2, 0.25) is 5.91 Å². The molecule has 0 saturated heterocycles. The number of aromatic hydroxyl groups is 1. The Morgan fingerprint density at radius 3 is 2.56 bits per heavy atom. The number of hydrogen-bond donors (Lipinski definition) is 4. The predicted octanol–water partition coefficient (Wildman–Crippen LogP) is 3.10. The largest absolute Gasteiger partial charge is 0.508 e. The van der Waals surface area contributed by atoms with Crippen LogP contribution in [-0.4, -0.2) is 52.3 Å². The molecule has 1 aliphatic rings. The molecule has 2 aromatic carbocycles. The van der Waals surface area contributed by atoms with Crippen LogP contribution in [0, 0.1) is 0 Å². The van der Waals surface area contributed by atoms with E-state index >= 15 is 0 Å². The van der Waals surface area contributed by atoms with E-state index < -0.39 is 11.6 Å². The van der Waals surface area contributed by atoms with Gasteiger partial charge in [-0.05, 0) is 67.6 Å². The molecule has 4 N–H and O–H groups in total. The van der Waals surface area contributed by atoms with Crippen molar-refractivity contribution < 1.29 is 24.3 Å². The van der Waals surface area contributed by atoms with Gasteiger partial charge in [-0.15, -0.1) is 0 Å². The van der Waals surface area contributed by atoms with Crippen LogP contribution in [0.4, 0.5) is 4.39 Å². The van der Waals surface area contributed by atoms with Crippen molar-refractivity contribution in [2.75, 3.05) is 19.6 Å². The number of alkyl halides is 1. The summed E-state index contributed by atoms with van der Waals surface area (Å²) in [5.74, 6) is -0.535. The molecule has 3 rings (SSSR count). The van der Waals surface area contributed by atoms with E-state index in [1.807, 2.05) is 18.2 Å².